The maximum atomic E-state index is 12.2. The Kier molecular flexibility index (Phi) is 4.68. The fourth-order valence-corrected chi connectivity index (χ4v) is 2.23. The van der Waals surface area contributed by atoms with Gasteiger partial charge >= 0.3 is 6.61 Å². The molecule has 104 valence electrons. The maximum absolute atomic E-state index is 12.2. The van der Waals surface area contributed by atoms with Gasteiger partial charge in [-0.15, -0.1) is 0 Å². The van der Waals surface area contributed by atoms with Crippen LogP contribution in [0.2, 0.25) is 0 Å². The molecule has 1 fully saturated rings. The lowest BCUT2D eigenvalue weighted by Gasteiger charge is -2.11. The van der Waals surface area contributed by atoms with E-state index in [1.807, 2.05) is 0 Å². The van der Waals surface area contributed by atoms with Crippen molar-refractivity contribution < 1.29 is 13.5 Å². The molecule has 0 unspecified atom stereocenters. The first kappa shape index (κ1) is 13.7. The van der Waals surface area contributed by atoms with Gasteiger partial charge in [-0.2, -0.15) is 8.78 Å². The average Bonchev–Trinajstić information content (AvgIpc) is 2.88. The molecule has 0 amide bonds. The second kappa shape index (κ2) is 6.47. The standard InChI is InChI=1S/C13H17F2N3O/c14-13(15)19-11-7-3-4-9(8-11)12(18-16)17-10-5-1-2-6-10/h3-4,7-8,10,13H,1-2,5-6,16H2,(H,17,18). The van der Waals surface area contributed by atoms with Crippen molar-refractivity contribution in [3.63, 3.8) is 0 Å². The molecule has 2 rings (SSSR count). The van der Waals surface area contributed by atoms with Crippen LogP contribution in [0.15, 0.2) is 29.3 Å². The van der Waals surface area contributed by atoms with Crippen LogP contribution in [-0.4, -0.2) is 18.5 Å². The molecule has 1 aliphatic carbocycles. The third-order valence-corrected chi connectivity index (χ3v) is 3.11. The molecule has 0 radical (unpaired) electrons. The van der Waals surface area contributed by atoms with Gasteiger partial charge in [0.15, 0.2) is 0 Å². The summed E-state index contributed by atoms with van der Waals surface area (Å²) in [6.07, 6.45) is 4.41. The van der Waals surface area contributed by atoms with Crippen LogP contribution < -0.4 is 16.0 Å². The Hall–Kier alpha value is -1.69. The van der Waals surface area contributed by atoms with Crippen molar-refractivity contribution in [1.82, 2.24) is 5.43 Å². The highest BCUT2D eigenvalue weighted by atomic mass is 19.3. The summed E-state index contributed by atoms with van der Waals surface area (Å²) < 4.78 is 28.7. The van der Waals surface area contributed by atoms with Crippen LogP contribution in [0.1, 0.15) is 31.2 Å². The second-order valence-electron chi connectivity index (χ2n) is 4.47. The Balaban J connectivity index is 2.17. The van der Waals surface area contributed by atoms with Crippen LogP contribution in [0.5, 0.6) is 5.75 Å². The van der Waals surface area contributed by atoms with E-state index in [1.54, 1.807) is 12.1 Å². The SMILES string of the molecule is NNC(=NC1CCCC1)c1cccc(OC(F)F)c1. The first-order valence-corrected chi connectivity index (χ1v) is 6.28. The van der Waals surface area contributed by atoms with Crippen LogP contribution in [0.25, 0.3) is 0 Å². The van der Waals surface area contributed by atoms with Gasteiger partial charge in [0.25, 0.3) is 0 Å². The van der Waals surface area contributed by atoms with E-state index in [9.17, 15) is 8.78 Å². The van der Waals surface area contributed by atoms with Gasteiger partial charge < -0.3 is 10.2 Å². The molecule has 19 heavy (non-hydrogen) atoms. The van der Waals surface area contributed by atoms with Gasteiger partial charge in [-0.1, -0.05) is 25.0 Å². The van der Waals surface area contributed by atoms with Crippen molar-refractivity contribution in [2.75, 3.05) is 0 Å². The number of amidine groups is 1. The lowest BCUT2D eigenvalue weighted by molar-refractivity contribution is -0.0498. The highest BCUT2D eigenvalue weighted by Gasteiger charge is 2.15. The number of alkyl halides is 2. The molecular formula is C13H17F2N3O. The molecule has 4 nitrogen and oxygen atoms in total. The molecule has 0 heterocycles. The monoisotopic (exact) mass is 269 g/mol. The number of nitrogens with two attached hydrogens (primary N) is 1. The van der Waals surface area contributed by atoms with Gasteiger partial charge in [0.1, 0.15) is 11.6 Å². The zero-order chi connectivity index (χ0) is 13.7. The molecule has 0 atom stereocenters. The van der Waals surface area contributed by atoms with E-state index in [1.165, 1.54) is 25.0 Å². The summed E-state index contributed by atoms with van der Waals surface area (Å²) in [5, 5.41) is 0. The highest BCUT2D eigenvalue weighted by Crippen LogP contribution is 2.22. The van der Waals surface area contributed by atoms with E-state index >= 15 is 0 Å². The summed E-state index contributed by atoms with van der Waals surface area (Å²) in [7, 11) is 0. The lowest BCUT2D eigenvalue weighted by atomic mass is 10.2. The third-order valence-electron chi connectivity index (χ3n) is 3.11. The minimum atomic E-state index is -2.84. The maximum Gasteiger partial charge on any atom is 0.387 e. The van der Waals surface area contributed by atoms with Crippen LogP contribution in [0.3, 0.4) is 0 Å². The predicted octanol–water partition coefficient (Wildman–Crippen LogP) is 2.44. The molecule has 6 heteroatoms. The molecule has 0 spiro atoms. The van der Waals surface area contributed by atoms with Gasteiger partial charge in [0.05, 0.1) is 6.04 Å². The third kappa shape index (κ3) is 3.89. The normalized spacial score (nSPS) is 16.9. The van der Waals surface area contributed by atoms with Crippen molar-refractivity contribution in [2.45, 2.75) is 38.3 Å². The van der Waals surface area contributed by atoms with Gasteiger partial charge in [-0.25, -0.2) is 5.84 Å². The molecule has 0 aliphatic heterocycles. The molecule has 0 aromatic heterocycles. The number of halogens is 2. The summed E-state index contributed by atoms with van der Waals surface area (Å²) in [5.41, 5.74) is 3.18. The zero-order valence-electron chi connectivity index (χ0n) is 10.5. The van der Waals surface area contributed by atoms with Gasteiger partial charge in [0, 0.05) is 5.56 Å². The largest absolute Gasteiger partial charge is 0.435 e. The Morgan fingerprint density at radius 1 is 1.37 bits per heavy atom. The van der Waals surface area contributed by atoms with Crippen LogP contribution in [0, 0.1) is 0 Å². The molecule has 0 saturated heterocycles. The summed E-state index contributed by atoms with van der Waals surface area (Å²) in [6.45, 7) is -2.84. The topological polar surface area (TPSA) is 59.6 Å². The quantitative estimate of drug-likeness (QED) is 0.382. The van der Waals surface area contributed by atoms with Gasteiger partial charge in [0.2, 0.25) is 0 Å². The van der Waals surface area contributed by atoms with Gasteiger partial charge in [-0.05, 0) is 25.0 Å². The number of nitrogens with one attached hydrogen (secondary N) is 1. The van der Waals surface area contributed by atoms with E-state index < -0.39 is 6.61 Å². The molecule has 1 aromatic rings. The van der Waals surface area contributed by atoms with Crippen molar-refractivity contribution in [3.8, 4) is 5.75 Å². The zero-order valence-corrected chi connectivity index (χ0v) is 10.5. The number of nitrogens with zero attached hydrogens (tertiary/aromatic N) is 1. The molecule has 1 aromatic carbocycles. The van der Waals surface area contributed by atoms with E-state index in [-0.39, 0.29) is 11.8 Å². The predicted molar refractivity (Wildman–Crippen MR) is 69.2 cm³/mol. The number of rotatable bonds is 4. The van der Waals surface area contributed by atoms with Crippen LogP contribution >= 0.6 is 0 Å². The second-order valence-corrected chi connectivity index (χ2v) is 4.47. The Bertz CT molecular complexity index is 445. The molecular weight excluding hydrogens is 252 g/mol. The summed E-state index contributed by atoms with van der Waals surface area (Å²) in [4.78, 5) is 4.52. The fourth-order valence-electron chi connectivity index (χ4n) is 2.23. The van der Waals surface area contributed by atoms with E-state index in [0.717, 1.165) is 12.8 Å². The van der Waals surface area contributed by atoms with E-state index in [2.05, 4.69) is 15.2 Å². The van der Waals surface area contributed by atoms with Gasteiger partial charge in [-0.3, -0.25) is 4.99 Å². The van der Waals surface area contributed by atoms with Crippen LogP contribution in [0.4, 0.5) is 8.78 Å². The number of hydrogen-bond donors (Lipinski definition) is 2. The Labute approximate surface area is 110 Å². The molecule has 0 bridgehead atoms. The number of benzene rings is 1. The van der Waals surface area contributed by atoms with E-state index in [4.69, 9.17) is 5.84 Å². The van der Waals surface area contributed by atoms with E-state index in [0.29, 0.717) is 11.4 Å². The number of ether oxygens (including phenoxy) is 1. The smallest absolute Gasteiger partial charge is 0.387 e. The Morgan fingerprint density at radius 3 is 2.74 bits per heavy atom. The molecule has 1 aliphatic rings. The minimum absolute atomic E-state index is 0.0990. The lowest BCUT2D eigenvalue weighted by Crippen LogP contribution is -2.32. The average molecular weight is 269 g/mol. The van der Waals surface area contributed by atoms with Crippen LogP contribution in [-0.2, 0) is 0 Å². The Morgan fingerprint density at radius 2 is 2.11 bits per heavy atom. The number of hydrazine groups is 1. The van der Waals surface area contributed by atoms with Crippen molar-refractivity contribution in [1.29, 1.82) is 0 Å². The highest BCUT2D eigenvalue weighted by molar-refractivity contribution is 5.98. The first-order chi connectivity index (χ1) is 9.19. The summed E-state index contributed by atoms with van der Waals surface area (Å²) in [5.74, 6) is 6.07. The first-order valence-electron chi connectivity index (χ1n) is 6.28. The minimum Gasteiger partial charge on any atom is -0.435 e. The number of aliphatic imine (C=N–C) groups is 1. The summed E-state index contributed by atoms with van der Waals surface area (Å²) >= 11 is 0. The fraction of sp³-hybridized carbons (Fsp3) is 0.462. The van der Waals surface area contributed by atoms with Crippen molar-refractivity contribution >= 4 is 5.84 Å². The molecule has 3 N–H and O–H groups in total. The molecule has 1 saturated carbocycles. The number of hydrogen-bond acceptors (Lipinski definition) is 3. The summed E-state index contributed by atoms with van der Waals surface area (Å²) in [6, 6.07) is 6.62. The van der Waals surface area contributed by atoms with Crippen molar-refractivity contribution in [3.05, 3.63) is 29.8 Å². The van der Waals surface area contributed by atoms with Crippen molar-refractivity contribution in [2.24, 2.45) is 10.8 Å².